The summed E-state index contributed by atoms with van der Waals surface area (Å²) in [5.74, 6) is 0. The Hall–Kier alpha value is -1.29. The highest BCUT2D eigenvalue weighted by atomic mass is 16.2. The number of carbonyl (C=O) groups is 1. The Morgan fingerprint density at radius 3 is 2.79 bits per heavy atom. The molecule has 1 N–H and O–H groups in total. The van der Waals surface area contributed by atoms with Gasteiger partial charge in [-0.25, -0.2) is 4.79 Å². The second-order valence-corrected chi connectivity index (χ2v) is 5.64. The third-order valence-electron chi connectivity index (χ3n) is 4.32. The minimum atomic E-state index is 0.242. The molecular weight excluding hydrogens is 238 g/mol. The summed E-state index contributed by atoms with van der Waals surface area (Å²) in [7, 11) is 0. The maximum Gasteiger partial charge on any atom is 0.320 e. The molecule has 104 valence electrons. The van der Waals surface area contributed by atoms with Gasteiger partial charge in [-0.05, 0) is 44.3 Å². The van der Waals surface area contributed by atoms with Gasteiger partial charge in [0, 0.05) is 25.7 Å². The highest BCUT2D eigenvalue weighted by molar-refractivity contribution is 5.77. The molecule has 19 heavy (non-hydrogen) atoms. The number of hydrogen-bond acceptors (Lipinski definition) is 2. The molecule has 0 unspecified atom stereocenters. The third-order valence-corrected chi connectivity index (χ3v) is 4.32. The molecule has 2 aliphatic heterocycles. The Labute approximate surface area is 115 Å². The van der Waals surface area contributed by atoms with E-state index in [2.05, 4.69) is 28.4 Å². The Balaban J connectivity index is 1.58. The summed E-state index contributed by atoms with van der Waals surface area (Å²) < 4.78 is 0. The van der Waals surface area contributed by atoms with Gasteiger partial charge in [-0.2, -0.15) is 0 Å². The third kappa shape index (κ3) is 2.84. The standard InChI is InChI=1S/C15H23N3O/c19-15-17(12-13-4-2-1-3-5-13)10-11-18(15)14-6-8-16-9-7-14/h2,4-5,14,16H,1,3,6-12H2. The highest BCUT2D eigenvalue weighted by Crippen LogP contribution is 2.20. The minimum Gasteiger partial charge on any atom is -0.320 e. The molecule has 3 aliphatic rings. The Morgan fingerprint density at radius 2 is 2.05 bits per heavy atom. The average Bonchev–Trinajstić information content (AvgIpc) is 2.82. The fraction of sp³-hybridized carbons (Fsp3) is 0.667. The van der Waals surface area contributed by atoms with Crippen LogP contribution in [0.5, 0.6) is 0 Å². The molecule has 0 bridgehead atoms. The van der Waals surface area contributed by atoms with Crippen molar-refractivity contribution >= 4 is 6.03 Å². The quantitative estimate of drug-likeness (QED) is 0.840. The molecule has 0 radical (unpaired) electrons. The number of carbonyl (C=O) groups excluding carboxylic acids is 1. The fourth-order valence-corrected chi connectivity index (χ4v) is 3.21. The lowest BCUT2D eigenvalue weighted by Crippen LogP contribution is -2.45. The van der Waals surface area contributed by atoms with Crippen LogP contribution in [0.25, 0.3) is 0 Å². The maximum absolute atomic E-state index is 12.5. The molecule has 0 atom stereocenters. The first kappa shape index (κ1) is 12.7. The zero-order chi connectivity index (χ0) is 13.1. The largest absolute Gasteiger partial charge is 0.320 e. The zero-order valence-electron chi connectivity index (χ0n) is 11.5. The lowest BCUT2D eigenvalue weighted by Gasteiger charge is -2.31. The van der Waals surface area contributed by atoms with Crippen LogP contribution >= 0.6 is 0 Å². The maximum atomic E-state index is 12.5. The molecular formula is C15H23N3O. The van der Waals surface area contributed by atoms with E-state index in [0.717, 1.165) is 58.4 Å². The van der Waals surface area contributed by atoms with E-state index in [-0.39, 0.29) is 6.03 Å². The van der Waals surface area contributed by atoms with Crippen molar-refractivity contribution in [2.45, 2.75) is 31.7 Å². The van der Waals surface area contributed by atoms with Gasteiger partial charge in [-0.15, -0.1) is 0 Å². The van der Waals surface area contributed by atoms with Crippen molar-refractivity contribution in [2.75, 3.05) is 32.7 Å². The van der Waals surface area contributed by atoms with Gasteiger partial charge in [0.05, 0.1) is 0 Å². The van der Waals surface area contributed by atoms with Gasteiger partial charge in [0.15, 0.2) is 0 Å². The van der Waals surface area contributed by atoms with Crippen LogP contribution in [0.4, 0.5) is 4.79 Å². The molecule has 0 aromatic rings. The zero-order valence-corrected chi connectivity index (χ0v) is 11.5. The predicted octanol–water partition coefficient (Wildman–Crippen LogP) is 1.75. The molecule has 2 fully saturated rings. The smallest absolute Gasteiger partial charge is 0.320 e. The van der Waals surface area contributed by atoms with Crippen molar-refractivity contribution in [1.29, 1.82) is 0 Å². The van der Waals surface area contributed by atoms with E-state index in [1.54, 1.807) is 0 Å². The van der Waals surface area contributed by atoms with Gasteiger partial charge in [-0.3, -0.25) is 0 Å². The highest BCUT2D eigenvalue weighted by Gasteiger charge is 2.34. The van der Waals surface area contributed by atoms with Crippen LogP contribution in [0, 0.1) is 0 Å². The van der Waals surface area contributed by atoms with Gasteiger partial charge >= 0.3 is 6.03 Å². The molecule has 4 nitrogen and oxygen atoms in total. The SMILES string of the molecule is O=C1N(CC2=CCCC=C2)CCN1C1CCNCC1. The number of amides is 2. The van der Waals surface area contributed by atoms with Gasteiger partial charge in [0.2, 0.25) is 0 Å². The molecule has 0 aromatic carbocycles. The van der Waals surface area contributed by atoms with Crippen molar-refractivity contribution in [2.24, 2.45) is 0 Å². The number of rotatable bonds is 3. The molecule has 1 aliphatic carbocycles. The van der Waals surface area contributed by atoms with Crippen molar-refractivity contribution in [1.82, 2.24) is 15.1 Å². The lowest BCUT2D eigenvalue weighted by atomic mass is 10.1. The molecule has 0 saturated carbocycles. The van der Waals surface area contributed by atoms with Crippen LogP contribution in [0.1, 0.15) is 25.7 Å². The van der Waals surface area contributed by atoms with Crippen LogP contribution in [0.3, 0.4) is 0 Å². The van der Waals surface area contributed by atoms with E-state index in [4.69, 9.17) is 0 Å². The summed E-state index contributed by atoms with van der Waals surface area (Å²) in [6.45, 7) is 4.66. The number of piperidine rings is 1. The van der Waals surface area contributed by atoms with Crippen LogP contribution in [-0.2, 0) is 0 Å². The Morgan fingerprint density at radius 1 is 1.21 bits per heavy atom. The lowest BCUT2D eigenvalue weighted by molar-refractivity contribution is 0.167. The van der Waals surface area contributed by atoms with Crippen LogP contribution in [0.15, 0.2) is 23.8 Å². The van der Waals surface area contributed by atoms with Crippen molar-refractivity contribution in [3.8, 4) is 0 Å². The summed E-state index contributed by atoms with van der Waals surface area (Å²) in [6, 6.07) is 0.696. The van der Waals surface area contributed by atoms with Crippen molar-refractivity contribution < 1.29 is 4.79 Å². The van der Waals surface area contributed by atoms with E-state index in [1.165, 1.54) is 5.57 Å². The molecule has 3 rings (SSSR count). The number of nitrogens with zero attached hydrogens (tertiary/aromatic N) is 2. The fourth-order valence-electron chi connectivity index (χ4n) is 3.21. The number of hydrogen-bond donors (Lipinski definition) is 1. The molecule has 0 spiro atoms. The first-order chi connectivity index (χ1) is 9.34. The minimum absolute atomic E-state index is 0.242. The topological polar surface area (TPSA) is 35.6 Å². The number of allylic oxidation sites excluding steroid dienone is 2. The van der Waals surface area contributed by atoms with Gasteiger partial charge in [-0.1, -0.05) is 18.2 Å². The van der Waals surface area contributed by atoms with E-state index in [1.807, 2.05) is 4.90 Å². The number of nitrogens with one attached hydrogen (secondary N) is 1. The summed E-state index contributed by atoms with van der Waals surface area (Å²) in [4.78, 5) is 16.6. The predicted molar refractivity (Wildman–Crippen MR) is 76.0 cm³/mol. The van der Waals surface area contributed by atoms with Gasteiger partial charge < -0.3 is 15.1 Å². The van der Waals surface area contributed by atoms with Crippen molar-refractivity contribution in [3.05, 3.63) is 23.8 Å². The Bertz CT molecular complexity index is 396. The van der Waals surface area contributed by atoms with Crippen LogP contribution < -0.4 is 5.32 Å². The van der Waals surface area contributed by atoms with Crippen molar-refractivity contribution in [3.63, 3.8) is 0 Å². The van der Waals surface area contributed by atoms with E-state index in [0.29, 0.717) is 6.04 Å². The summed E-state index contributed by atoms with van der Waals surface area (Å²) in [5.41, 5.74) is 1.30. The first-order valence-electron chi connectivity index (χ1n) is 7.46. The second kappa shape index (κ2) is 5.78. The average molecular weight is 261 g/mol. The molecule has 2 saturated heterocycles. The molecule has 2 amide bonds. The summed E-state index contributed by atoms with van der Waals surface area (Å²) in [6.07, 6.45) is 11.1. The van der Waals surface area contributed by atoms with E-state index in [9.17, 15) is 4.79 Å². The number of urea groups is 1. The van der Waals surface area contributed by atoms with Gasteiger partial charge in [0.1, 0.15) is 0 Å². The Kier molecular flexibility index (Phi) is 3.87. The normalized spacial score (nSPS) is 25.1. The monoisotopic (exact) mass is 261 g/mol. The van der Waals surface area contributed by atoms with Crippen LogP contribution in [-0.4, -0.2) is 54.6 Å². The molecule has 4 heteroatoms. The first-order valence-corrected chi connectivity index (χ1v) is 7.46. The summed E-state index contributed by atoms with van der Waals surface area (Å²) >= 11 is 0. The van der Waals surface area contributed by atoms with Crippen LogP contribution in [0.2, 0.25) is 0 Å². The summed E-state index contributed by atoms with van der Waals surface area (Å²) in [5, 5.41) is 3.36. The molecule has 0 aromatic heterocycles. The van der Waals surface area contributed by atoms with Gasteiger partial charge in [0.25, 0.3) is 0 Å². The second-order valence-electron chi connectivity index (χ2n) is 5.64. The van der Waals surface area contributed by atoms with E-state index >= 15 is 0 Å². The van der Waals surface area contributed by atoms with E-state index < -0.39 is 0 Å². The molecule has 2 heterocycles.